The number of rotatable bonds is 5. The maximum absolute atomic E-state index is 13.5. The first-order chi connectivity index (χ1) is 16.3. The molecule has 0 aliphatic carbocycles. The molecule has 5 rings (SSSR count). The van der Waals surface area contributed by atoms with Crippen LogP contribution in [0.15, 0.2) is 97.3 Å². The fourth-order valence-corrected chi connectivity index (χ4v) is 4.78. The SMILES string of the molecule is N=CC1CN(C(=O)c2cncc3ccccc23)CCN1C(c1ccccc1)c1ccccc1. The topological polar surface area (TPSA) is 60.3 Å². The quantitative estimate of drug-likeness (QED) is 0.459. The van der Waals surface area contributed by atoms with Gasteiger partial charge in [-0.05, 0) is 16.5 Å². The van der Waals surface area contributed by atoms with Crippen LogP contribution < -0.4 is 0 Å². The summed E-state index contributed by atoms with van der Waals surface area (Å²) in [6, 6.07) is 28.5. The number of nitrogens with one attached hydrogen (secondary N) is 1. The van der Waals surface area contributed by atoms with Crippen LogP contribution in [0.25, 0.3) is 10.8 Å². The molecule has 1 amide bonds. The molecule has 1 aromatic heterocycles. The summed E-state index contributed by atoms with van der Waals surface area (Å²) in [5.41, 5.74) is 3.00. The van der Waals surface area contributed by atoms with Crippen LogP contribution in [0.1, 0.15) is 27.5 Å². The van der Waals surface area contributed by atoms with E-state index in [-0.39, 0.29) is 18.0 Å². The van der Waals surface area contributed by atoms with Gasteiger partial charge in [0.1, 0.15) is 0 Å². The number of aromatic nitrogens is 1. The molecule has 33 heavy (non-hydrogen) atoms. The molecule has 1 aliphatic rings. The molecule has 2 heterocycles. The third kappa shape index (κ3) is 4.15. The van der Waals surface area contributed by atoms with Crippen molar-refractivity contribution in [2.45, 2.75) is 12.1 Å². The van der Waals surface area contributed by atoms with Crippen LogP contribution in [-0.2, 0) is 0 Å². The lowest BCUT2D eigenvalue weighted by atomic mass is 9.94. The molecule has 164 valence electrons. The number of carbonyl (C=O) groups excluding carboxylic acids is 1. The fraction of sp³-hybridized carbons (Fsp3) is 0.179. The van der Waals surface area contributed by atoms with Gasteiger partial charge in [-0.3, -0.25) is 14.7 Å². The van der Waals surface area contributed by atoms with Crippen LogP contribution in [0, 0.1) is 5.41 Å². The van der Waals surface area contributed by atoms with Gasteiger partial charge in [0.2, 0.25) is 0 Å². The largest absolute Gasteiger partial charge is 0.335 e. The van der Waals surface area contributed by atoms with E-state index in [0.717, 1.165) is 10.8 Å². The zero-order chi connectivity index (χ0) is 22.6. The van der Waals surface area contributed by atoms with E-state index in [1.807, 2.05) is 41.3 Å². The molecule has 0 radical (unpaired) electrons. The van der Waals surface area contributed by atoms with Gasteiger partial charge >= 0.3 is 0 Å². The maximum atomic E-state index is 13.5. The lowest BCUT2D eigenvalue weighted by Gasteiger charge is -2.44. The Morgan fingerprint density at radius 1 is 0.879 bits per heavy atom. The Morgan fingerprint density at radius 2 is 1.52 bits per heavy atom. The number of amides is 1. The summed E-state index contributed by atoms with van der Waals surface area (Å²) in [5, 5.41) is 10.1. The molecule has 1 unspecified atom stereocenters. The van der Waals surface area contributed by atoms with E-state index < -0.39 is 0 Å². The summed E-state index contributed by atoms with van der Waals surface area (Å²) >= 11 is 0. The van der Waals surface area contributed by atoms with Gasteiger partial charge in [-0.1, -0.05) is 84.9 Å². The molecule has 4 aromatic rings. The van der Waals surface area contributed by atoms with Crippen molar-refractivity contribution in [2.75, 3.05) is 19.6 Å². The zero-order valence-electron chi connectivity index (χ0n) is 18.3. The summed E-state index contributed by atoms with van der Waals surface area (Å²) in [6.45, 7) is 1.75. The fourth-order valence-electron chi connectivity index (χ4n) is 4.78. The molecule has 1 saturated heterocycles. The first kappa shape index (κ1) is 21.0. The smallest absolute Gasteiger partial charge is 0.256 e. The van der Waals surface area contributed by atoms with Crippen LogP contribution in [0.5, 0.6) is 0 Å². The van der Waals surface area contributed by atoms with E-state index >= 15 is 0 Å². The van der Waals surface area contributed by atoms with Gasteiger partial charge in [-0.15, -0.1) is 0 Å². The molecule has 0 bridgehead atoms. The number of fused-ring (bicyclic) bond motifs is 1. The minimum Gasteiger partial charge on any atom is -0.335 e. The molecular formula is C28H26N4O. The lowest BCUT2D eigenvalue weighted by Crippen LogP contribution is -2.56. The summed E-state index contributed by atoms with van der Waals surface area (Å²) in [6.07, 6.45) is 4.92. The van der Waals surface area contributed by atoms with Crippen LogP contribution in [0.3, 0.4) is 0 Å². The monoisotopic (exact) mass is 434 g/mol. The van der Waals surface area contributed by atoms with E-state index in [4.69, 9.17) is 5.41 Å². The summed E-state index contributed by atoms with van der Waals surface area (Å²) < 4.78 is 0. The minimum absolute atomic E-state index is 0.0236. The zero-order valence-corrected chi connectivity index (χ0v) is 18.3. The van der Waals surface area contributed by atoms with E-state index in [9.17, 15) is 4.79 Å². The van der Waals surface area contributed by atoms with Crippen molar-refractivity contribution in [1.82, 2.24) is 14.8 Å². The molecule has 5 heteroatoms. The van der Waals surface area contributed by atoms with Crippen molar-refractivity contribution in [3.63, 3.8) is 0 Å². The van der Waals surface area contributed by atoms with Gasteiger partial charge in [0.15, 0.2) is 0 Å². The third-order valence-corrected chi connectivity index (χ3v) is 6.40. The van der Waals surface area contributed by atoms with Crippen LogP contribution in [0.4, 0.5) is 0 Å². The summed E-state index contributed by atoms with van der Waals surface area (Å²) in [5.74, 6) is -0.0261. The highest BCUT2D eigenvalue weighted by atomic mass is 16.2. The predicted octanol–water partition coefficient (Wildman–Crippen LogP) is 4.80. The summed E-state index contributed by atoms with van der Waals surface area (Å²) in [4.78, 5) is 22.0. The Balaban J connectivity index is 1.44. The van der Waals surface area contributed by atoms with Gasteiger partial charge in [0.05, 0.1) is 17.6 Å². The van der Waals surface area contributed by atoms with Crippen molar-refractivity contribution in [3.8, 4) is 0 Å². The predicted molar refractivity (Wildman–Crippen MR) is 132 cm³/mol. The molecule has 1 atom stereocenters. The number of hydrogen-bond donors (Lipinski definition) is 1. The standard InChI is InChI=1S/C28H26N4O/c29-17-24-20-31(28(33)26-19-30-18-23-13-7-8-14-25(23)26)15-16-32(24)27(21-9-3-1-4-10-21)22-11-5-2-6-12-22/h1-14,17-19,24,27,29H,15-16,20H2. The second-order valence-corrected chi connectivity index (χ2v) is 8.36. The Hall–Kier alpha value is -3.83. The number of hydrogen-bond acceptors (Lipinski definition) is 4. The molecule has 1 aliphatic heterocycles. The normalized spacial score (nSPS) is 16.8. The van der Waals surface area contributed by atoms with Crippen molar-refractivity contribution >= 4 is 22.9 Å². The number of nitrogens with zero attached hydrogens (tertiary/aromatic N) is 3. The average molecular weight is 435 g/mol. The molecule has 1 N–H and O–H groups in total. The molecule has 1 fully saturated rings. The maximum Gasteiger partial charge on any atom is 0.256 e. The van der Waals surface area contributed by atoms with E-state index in [2.05, 4.69) is 58.4 Å². The van der Waals surface area contributed by atoms with Gasteiger partial charge in [-0.25, -0.2) is 0 Å². The highest BCUT2D eigenvalue weighted by Gasteiger charge is 2.34. The molecule has 0 spiro atoms. The average Bonchev–Trinajstić information content (AvgIpc) is 2.89. The molecule has 0 saturated carbocycles. The van der Waals surface area contributed by atoms with Crippen LogP contribution in [-0.4, -0.2) is 52.6 Å². The van der Waals surface area contributed by atoms with Crippen LogP contribution in [0.2, 0.25) is 0 Å². The first-order valence-corrected chi connectivity index (χ1v) is 11.2. The Kier molecular flexibility index (Phi) is 5.96. The number of piperazine rings is 1. The van der Waals surface area contributed by atoms with Gasteiger partial charge in [0, 0.05) is 43.6 Å². The van der Waals surface area contributed by atoms with E-state index in [0.29, 0.717) is 25.2 Å². The van der Waals surface area contributed by atoms with Gasteiger partial charge < -0.3 is 10.3 Å². The highest BCUT2D eigenvalue weighted by Crippen LogP contribution is 2.32. The first-order valence-electron chi connectivity index (χ1n) is 11.2. The van der Waals surface area contributed by atoms with E-state index in [1.54, 1.807) is 12.4 Å². The van der Waals surface area contributed by atoms with Crippen molar-refractivity contribution in [1.29, 1.82) is 5.41 Å². The summed E-state index contributed by atoms with van der Waals surface area (Å²) in [7, 11) is 0. The molecule has 5 nitrogen and oxygen atoms in total. The minimum atomic E-state index is -0.184. The lowest BCUT2D eigenvalue weighted by molar-refractivity contribution is 0.0527. The van der Waals surface area contributed by atoms with E-state index in [1.165, 1.54) is 17.3 Å². The Morgan fingerprint density at radius 3 is 2.18 bits per heavy atom. The Labute approximate surface area is 193 Å². The molecule has 3 aromatic carbocycles. The third-order valence-electron chi connectivity index (χ3n) is 6.40. The Bertz CT molecular complexity index is 1210. The molecular weight excluding hydrogens is 408 g/mol. The second-order valence-electron chi connectivity index (χ2n) is 8.36. The van der Waals surface area contributed by atoms with Gasteiger partial charge in [-0.2, -0.15) is 0 Å². The second kappa shape index (κ2) is 9.35. The van der Waals surface area contributed by atoms with Gasteiger partial charge in [0.25, 0.3) is 5.91 Å². The van der Waals surface area contributed by atoms with Crippen molar-refractivity contribution < 1.29 is 4.79 Å². The van der Waals surface area contributed by atoms with Crippen molar-refractivity contribution in [3.05, 3.63) is 114 Å². The van der Waals surface area contributed by atoms with Crippen LogP contribution >= 0.6 is 0 Å². The number of carbonyl (C=O) groups is 1. The van der Waals surface area contributed by atoms with Crippen molar-refractivity contribution in [2.24, 2.45) is 0 Å². The number of benzene rings is 3. The highest BCUT2D eigenvalue weighted by molar-refractivity contribution is 6.06. The number of pyridine rings is 1.